The van der Waals surface area contributed by atoms with Crippen molar-refractivity contribution in [1.82, 2.24) is 9.29 Å². The van der Waals surface area contributed by atoms with Crippen LogP contribution in [0.4, 0.5) is 0 Å². The molecule has 3 heterocycles. The second-order valence-electron chi connectivity index (χ2n) is 5.59. The summed E-state index contributed by atoms with van der Waals surface area (Å²) in [5.74, 6) is 0. The van der Waals surface area contributed by atoms with E-state index >= 15 is 0 Å². The highest BCUT2D eigenvalue weighted by molar-refractivity contribution is 7.91. The molecule has 2 aromatic heterocycles. The summed E-state index contributed by atoms with van der Waals surface area (Å²) in [5, 5.41) is 1.80. The minimum atomic E-state index is -3.35. The first kappa shape index (κ1) is 14.8. The molecule has 0 radical (unpaired) electrons. The van der Waals surface area contributed by atoms with E-state index in [1.54, 1.807) is 21.8 Å². The van der Waals surface area contributed by atoms with Gasteiger partial charge in [0, 0.05) is 31.3 Å². The van der Waals surface area contributed by atoms with Crippen molar-refractivity contribution in [3.63, 3.8) is 0 Å². The van der Waals surface area contributed by atoms with Crippen LogP contribution < -0.4 is 0 Å². The number of pyridine rings is 1. The lowest BCUT2D eigenvalue weighted by Gasteiger charge is -2.26. The third-order valence-electron chi connectivity index (χ3n) is 4.29. The summed E-state index contributed by atoms with van der Waals surface area (Å²) >= 11 is 1.27. The van der Waals surface area contributed by atoms with Crippen molar-refractivity contribution in [3.05, 3.63) is 64.8 Å². The Balaban J connectivity index is 1.57. The van der Waals surface area contributed by atoms with E-state index in [2.05, 4.69) is 17.1 Å². The van der Waals surface area contributed by atoms with Crippen LogP contribution in [0.3, 0.4) is 0 Å². The van der Waals surface area contributed by atoms with E-state index in [0.717, 1.165) is 18.5 Å². The second kappa shape index (κ2) is 5.70. The fourth-order valence-corrected chi connectivity index (χ4v) is 5.63. The second-order valence-corrected chi connectivity index (χ2v) is 8.71. The van der Waals surface area contributed by atoms with Gasteiger partial charge in [-0.05, 0) is 35.1 Å². The maximum absolute atomic E-state index is 12.6. The lowest BCUT2D eigenvalue weighted by atomic mass is 9.96. The molecule has 0 saturated carbocycles. The number of allylic oxidation sites excluding steroid dienone is 2. The van der Waals surface area contributed by atoms with E-state index in [4.69, 9.17) is 0 Å². The zero-order chi connectivity index (χ0) is 15.9. The van der Waals surface area contributed by atoms with Gasteiger partial charge in [-0.15, -0.1) is 11.3 Å². The van der Waals surface area contributed by atoms with Crippen molar-refractivity contribution in [2.75, 3.05) is 13.1 Å². The van der Waals surface area contributed by atoms with Crippen LogP contribution in [0.25, 0.3) is 5.57 Å². The van der Waals surface area contributed by atoms with Gasteiger partial charge in [-0.2, -0.15) is 4.31 Å². The van der Waals surface area contributed by atoms with E-state index < -0.39 is 10.0 Å². The number of nitrogens with zero attached hydrogens (tertiary/aromatic N) is 2. The Hall–Kier alpha value is -1.76. The summed E-state index contributed by atoms with van der Waals surface area (Å²) in [5.41, 5.74) is 4.75. The summed E-state index contributed by atoms with van der Waals surface area (Å²) in [6, 6.07) is 7.49. The maximum Gasteiger partial charge on any atom is 0.252 e. The Morgan fingerprint density at radius 1 is 1.17 bits per heavy atom. The van der Waals surface area contributed by atoms with Gasteiger partial charge in [0.25, 0.3) is 10.0 Å². The van der Waals surface area contributed by atoms with Gasteiger partial charge in [0.05, 0.1) is 5.69 Å². The molecule has 4 rings (SSSR count). The van der Waals surface area contributed by atoms with Gasteiger partial charge in [0.1, 0.15) is 4.21 Å². The van der Waals surface area contributed by atoms with Gasteiger partial charge in [-0.1, -0.05) is 24.3 Å². The zero-order valence-electron chi connectivity index (χ0n) is 12.5. The van der Waals surface area contributed by atoms with Crippen molar-refractivity contribution in [2.45, 2.75) is 17.1 Å². The largest absolute Gasteiger partial charge is 0.260 e. The topological polar surface area (TPSA) is 50.3 Å². The monoisotopic (exact) mass is 344 g/mol. The summed E-state index contributed by atoms with van der Waals surface area (Å²) in [7, 11) is -3.35. The SMILES string of the molecule is O=S(=O)(c1cccs1)N1CC=C(C2=CCc3ncccc32)CC1. The predicted octanol–water partition coefficient (Wildman–Crippen LogP) is 3.10. The van der Waals surface area contributed by atoms with E-state index in [0.29, 0.717) is 17.3 Å². The molecule has 0 amide bonds. The van der Waals surface area contributed by atoms with Crippen LogP contribution in [0.1, 0.15) is 17.7 Å². The van der Waals surface area contributed by atoms with Crippen LogP contribution in [0.2, 0.25) is 0 Å². The molecule has 0 N–H and O–H groups in total. The standard InChI is InChI=1S/C17H16N2O2S2/c20-23(21,17-4-2-12-22-17)19-10-7-13(8-11-19)14-5-6-16-15(14)3-1-9-18-16/h1-5,7,9,12H,6,8,10-11H2. The minimum absolute atomic E-state index is 0.420. The Morgan fingerprint density at radius 2 is 2.09 bits per heavy atom. The van der Waals surface area contributed by atoms with Gasteiger partial charge in [0.15, 0.2) is 0 Å². The molecular formula is C17H16N2O2S2. The first-order valence-electron chi connectivity index (χ1n) is 7.54. The lowest BCUT2D eigenvalue weighted by Crippen LogP contribution is -2.34. The smallest absolute Gasteiger partial charge is 0.252 e. The zero-order valence-corrected chi connectivity index (χ0v) is 14.1. The summed E-state index contributed by atoms with van der Waals surface area (Å²) in [6.07, 6.45) is 7.67. The molecule has 0 unspecified atom stereocenters. The molecule has 0 atom stereocenters. The fourth-order valence-electron chi connectivity index (χ4n) is 3.11. The quantitative estimate of drug-likeness (QED) is 0.860. The van der Waals surface area contributed by atoms with Crippen LogP contribution >= 0.6 is 11.3 Å². The van der Waals surface area contributed by atoms with Crippen LogP contribution in [0.15, 0.2) is 57.8 Å². The average molecular weight is 344 g/mol. The van der Waals surface area contributed by atoms with E-state index in [9.17, 15) is 8.42 Å². The Morgan fingerprint density at radius 3 is 2.83 bits per heavy atom. The van der Waals surface area contributed by atoms with E-state index in [1.165, 1.54) is 28.0 Å². The summed E-state index contributed by atoms with van der Waals surface area (Å²) in [6.45, 7) is 0.960. The molecule has 6 heteroatoms. The van der Waals surface area contributed by atoms with Crippen molar-refractivity contribution in [2.24, 2.45) is 0 Å². The molecule has 0 saturated heterocycles. The van der Waals surface area contributed by atoms with Crippen LogP contribution in [0, 0.1) is 0 Å². The van der Waals surface area contributed by atoms with Crippen LogP contribution in [-0.4, -0.2) is 30.8 Å². The molecule has 0 fully saturated rings. The Labute approximate surface area is 139 Å². The molecule has 2 aliphatic rings. The predicted molar refractivity (Wildman–Crippen MR) is 91.7 cm³/mol. The number of thiophene rings is 1. The van der Waals surface area contributed by atoms with Gasteiger partial charge < -0.3 is 0 Å². The van der Waals surface area contributed by atoms with Gasteiger partial charge in [-0.25, -0.2) is 8.42 Å². The van der Waals surface area contributed by atoms with Crippen molar-refractivity contribution in [1.29, 1.82) is 0 Å². The lowest BCUT2D eigenvalue weighted by molar-refractivity contribution is 0.435. The molecule has 1 aliphatic heterocycles. The van der Waals surface area contributed by atoms with E-state index in [1.807, 2.05) is 18.3 Å². The number of hydrogen-bond acceptors (Lipinski definition) is 4. The fraction of sp³-hybridized carbons (Fsp3) is 0.235. The summed E-state index contributed by atoms with van der Waals surface area (Å²) < 4.78 is 27.1. The summed E-state index contributed by atoms with van der Waals surface area (Å²) in [4.78, 5) is 4.41. The van der Waals surface area contributed by atoms with E-state index in [-0.39, 0.29) is 0 Å². The average Bonchev–Trinajstić information content (AvgIpc) is 3.25. The molecular weight excluding hydrogens is 328 g/mol. The highest BCUT2D eigenvalue weighted by Crippen LogP contribution is 2.35. The molecule has 23 heavy (non-hydrogen) atoms. The molecule has 4 nitrogen and oxygen atoms in total. The molecule has 0 aromatic carbocycles. The molecule has 0 spiro atoms. The number of sulfonamides is 1. The van der Waals surface area contributed by atoms with Crippen molar-refractivity contribution >= 4 is 26.9 Å². The third kappa shape index (κ3) is 2.56. The van der Waals surface area contributed by atoms with Gasteiger partial charge in [-0.3, -0.25) is 4.98 Å². The van der Waals surface area contributed by atoms with Crippen molar-refractivity contribution < 1.29 is 8.42 Å². The molecule has 1 aliphatic carbocycles. The van der Waals surface area contributed by atoms with Crippen LogP contribution in [0.5, 0.6) is 0 Å². The van der Waals surface area contributed by atoms with Crippen molar-refractivity contribution in [3.8, 4) is 0 Å². The number of rotatable bonds is 3. The highest BCUT2D eigenvalue weighted by atomic mass is 32.2. The molecule has 2 aromatic rings. The highest BCUT2D eigenvalue weighted by Gasteiger charge is 2.28. The third-order valence-corrected chi connectivity index (χ3v) is 7.53. The number of hydrogen-bond donors (Lipinski definition) is 0. The molecule has 118 valence electrons. The first-order chi connectivity index (χ1) is 11.2. The number of fused-ring (bicyclic) bond motifs is 1. The Kier molecular flexibility index (Phi) is 3.67. The van der Waals surface area contributed by atoms with Gasteiger partial charge >= 0.3 is 0 Å². The normalized spacial score (nSPS) is 18.4. The maximum atomic E-state index is 12.6. The minimum Gasteiger partial charge on any atom is -0.260 e. The van der Waals surface area contributed by atoms with Crippen LogP contribution in [-0.2, 0) is 16.4 Å². The van der Waals surface area contributed by atoms with Gasteiger partial charge in [0.2, 0.25) is 0 Å². The first-order valence-corrected chi connectivity index (χ1v) is 9.86. The Bertz CT molecular complexity index is 896. The molecule has 0 bridgehead atoms. The number of aromatic nitrogens is 1.